The predicted molar refractivity (Wildman–Crippen MR) is 460 cm³/mol. The van der Waals surface area contributed by atoms with Crippen LogP contribution in [0.25, 0.3) is 252 Å². The lowest BCUT2D eigenvalue weighted by Gasteiger charge is -2.14. The molecule has 0 radical (unpaired) electrons. The molecule has 0 saturated heterocycles. The maximum absolute atomic E-state index is 5.85. The summed E-state index contributed by atoms with van der Waals surface area (Å²) < 4.78 is 9.75. The maximum Gasteiger partial charge on any atom is 0.235 e. The van der Waals surface area contributed by atoms with Crippen LogP contribution in [0.5, 0.6) is 0 Å². The average molecular weight is 1390 g/mol. The summed E-state index contributed by atoms with van der Waals surface area (Å²) in [7, 11) is 0. The Morgan fingerprint density at radius 3 is 1.11 bits per heavy atom. The molecule has 0 bridgehead atoms. The van der Waals surface area contributed by atoms with Gasteiger partial charge in [0.25, 0.3) is 0 Å². The number of nitrogens with zero attached hydrogens (tertiary/aromatic N) is 8. The predicted octanol–water partition coefficient (Wildman–Crippen LogP) is 26.5. The van der Waals surface area contributed by atoms with Crippen molar-refractivity contribution in [2.75, 3.05) is 0 Å². The van der Waals surface area contributed by atoms with Crippen molar-refractivity contribution in [3.63, 3.8) is 0 Å². The van der Waals surface area contributed by atoms with Gasteiger partial charge in [-0.25, -0.2) is 19.9 Å². The first kappa shape index (κ1) is 58.4. The van der Waals surface area contributed by atoms with Crippen LogP contribution in [0.3, 0.4) is 0 Å². The molecule has 0 fully saturated rings. The van der Waals surface area contributed by atoms with E-state index < -0.39 is 0 Å². The monoisotopic (exact) mass is 1390 g/mol. The smallest absolute Gasteiger partial charge is 0.235 e. The summed E-state index contributed by atoms with van der Waals surface area (Å²) in [6.07, 6.45) is 0. The van der Waals surface area contributed by atoms with Crippen LogP contribution < -0.4 is 0 Å². The zero-order chi connectivity index (χ0) is 71.3. The molecule has 0 unspecified atom stereocenters. The van der Waals surface area contributed by atoms with Crippen LogP contribution in [0.1, 0.15) is 0 Å². The number of fused-ring (bicyclic) bond motifs is 29. The van der Waals surface area contributed by atoms with Crippen molar-refractivity contribution in [2.24, 2.45) is 0 Å². The largest absolute Gasteiger partial charge is 0.308 e. The van der Waals surface area contributed by atoms with Crippen LogP contribution in [0.4, 0.5) is 0 Å². The van der Waals surface area contributed by atoms with E-state index in [-0.39, 0.29) is 0 Å². The molecule has 0 aliphatic rings. The molecule has 504 valence electrons. The second kappa shape index (κ2) is 21.4. The molecular formula is C102H56N8. The highest BCUT2D eigenvalue weighted by molar-refractivity contribution is 6.38. The van der Waals surface area contributed by atoms with Crippen LogP contribution in [-0.2, 0) is 0 Å². The SMILES string of the molecule is c1ccc(-c2ccc(-c3nc(-n4c5ccccc5c5c6c7ccc(-c8ccc9ccc(-c%10nc(-n%11c%12ccccc%12c%12c%13c%14ccccc%14n%14c%15cc%16ccccc%16cc%15c(cc%12%11)c%13%14)nc%11c%10ccc%10ccccc%10%11)cc9c8)cc7n7c8cc9ccccc9cc8c(cc54)c67)nc4c3ccc3ccccc34)cc2)cc1. The minimum Gasteiger partial charge on any atom is -0.308 e. The van der Waals surface area contributed by atoms with E-state index >= 15 is 0 Å². The average Bonchev–Trinajstić information content (AvgIpc) is 1.52. The Labute approximate surface area is 625 Å². The molecule has 0 atom stereocenters. The van der Waals surface area contributed by atoms with Gasteiger partial charge in [-0.2, -0.15) is 0 Å². The summed E-state index contributed by atoms with van der Waals surface area (Å²) in [6.45, 7) is 0. The molecule has 0 aliphatic heterocycles. The molecule has 26 aromatic rings. The van der Waals surface area contributed by atoms with Gasteiger partial charge in [0, 0.05) is 97.3 Å². The number of rotatable bonds is 6. The third-order valence-electron chi connectivity index (χ3n) is 24.3. The Balaban J connectivity index is 0.678. The summed E-state index contributed by atoms with van der Waals surface area (Å²) in [5.41, 5.74) is 21.6. The van der Waals surface area contributed by atoms with Crippen LogP contribution in [0.15, 0.2) is 340 Å². The first-order valence-corrected chi connectivity index (χ1v) is 37.7. The second-order valence-electron chi connectivity index (χ2n) is 30.0. The zero-order valence-electron chi connectivity index (χ0n) is 58.9. The van der Waals surface area contributed by atoms with E-state index in [1.54, 1.807) is 0 Å². The van der Waals surface area contributed by atoms with E-state index in [9.17, 15) is 0 Å². The van der Waals surface area contributed by atoms with Gasteiger partial charge >= 0.3 is 0 Å². The Bertz CT molecular complexity index is 8590. The summed E-state index contributed by atoms with van der Waals surface area (Å²) in [5.74, 6) is 1.25. The van der Waals surface area contributed by atoms with Gasteiger partial charge in [0.05, 0.1) is 77.6 Å². The van der Waals surface area contributed by atoms with Crippen molar-refractivity contribution in [1.29, 1.82) is 0 Å². The van der Waals surface area contributed by atoms with Crippen molar-refractivity contribution < 1.29 is 0 Å². The van der Waals surface area contributed by atoms with Gasteiger partial charge in [0.15, 0.2) is 0 Å². The molecule has 0 aliphatic carbocycles. The van der Waals surface area contributed by atoms with E-state index in [0.717, 1.165) is 132 Å². The molecule has 8 aromatic heterocycles. The Morgan fingerprint density at radius 1 is 0.173 bits per heavy atom. The standard InChI is InChI=1S/C102H56N8/c1-2-18-57(19-3-1)58-34-38-62(39-35-58)95-77-46-42-60-20-8-10-26-71(60)97(77)105-101(103-95)109-85-33-17-13-29-74(85)92-90(109)56-82-80-51-64-23-5-7-25-66(64)53-88(80)108-86-54-68(44-45-76(86)94(92)100(82)108)67-40-36-59-37-41-69(49-70(59)48-67)96-78-47-43-61-21-9-11-27-72(61)98(78)106-102(104-96)110-84-32-16-12-28-73(84)91-89(110)55-81-79-50-63-22-4-6-24-65(63)52-87(79)107-83-31-15-14-30-75(83)93(91)99(81)107/h1-56H. The minimum absolute atomic E-state index is 0.627. The topological polar surface area (TPSA) is 70.2 Å². The number of hydrogen-bond acceptors (Lipinski definition) is 4. The molecular weight excluding hydrogens is 1340 g/mol. The lowest BCUT2D eigenvalue weighted by molar-refractivity contribution is 1.02. The summed E-state index contributed by atoms with van der Waals surface area (Å²) >= 11 is 0. The molecule has 8 heterocycles. The summed E-state index contributed by atoms with van der Waals surface area (Å²) in [5, 5.41) is 27.9. The maximum atomic E-state index is 5.85. The van der Waals surface area contributed by atoms with E-state index in [1.807, 2.05) is 0 Å². The van der Waals surface area contributed by atoms with Crippen molar-refractivity contribution in [2.45, 2.75) is 0 Å². The van der Waals surface area contributed by atoms with Gasteiger partial charge in [-0.1, -0.05) is 255 Å². The van der Waals surface area contributed by atoms with Gasteiger partial charge in [0.1, 0.15) is 0 Å². The summed E-state index contributed by atoms with van der Waals surface area (Å²) in [6, 6.07) is 125. The molecule has 18 aromatic carbocycles. The lowest BCUT2D eigenvalue weighted by Crippen LogP contribution is -2.04. The molecule has 0 spiro atoms. The molecule has 110 heavy (non-hydrogen) atoms. The van der Waals surface area contributed by atoms with Crippen LogP contribution in [-0.4, -0.2) is 37.9 Å². The van der Waals surface area contributed by atoms with E-state index in [1.165, 1.54) is 109 Å². The number of aromatic nitrogens is 8. The van der Waals surface area contributed by atoms with Gasteiger partial charge in [-0.05, 0) is 150 Å². The van der Waals surface area contributed by atoms with Gasteiger partial charge < -0.3 is 8.80 Å². The molecule has 8 nitrogen and oxygen atoms in total. The molecule has 26 rings (SSSR count). The minimum atomic E-state index is 0.627. The molecule has 0 saturated carbocycles. The van der Waals surface area contributed by atoms with E-state index in [0.29, 0.717) is 11.9 Å². The number of benzene rings is 18. The number of hydrogen-bond donors (Lipinski definition) is 0. The lowest BCUT2D eigenvalue weighted by atomic mass is 9.96. The zero-order valence-corrected chi connectivity index (χ0v) is 58.9. The van der Waals surface area contributed by atoms with Crippen molar-refractivity contribution in [1.82, 2.24) is 37.9 Å². The van der Waals surface area contributed by atoms with Crippen molar-refractivity contribution in [3.8, 4) is 56.7 Å². The Kier molecular flexibility index (Phi) is 11.4. The highest BCUT2D eigenvalue weighted by atomic mass is 15.2. The first-order chi connectivity index (χ1) is 54.5. The highest BCUT2D eigenvalue weighted by Crippen LogP contribution is 2.51. The van der Waals surface area contributed by atoms with Crippen LogP contribution in [0.2, 0.25) is 0 Å². The van der Waals surface area contributed by atoms with Gasteiger partial charge in [-0.3, -0.25) is 9.13 Å². The first-order valence-electron chi connectivity index (χ1n) is 37.7. The number of para-hydroxylation sites is 3. The Morgan fingerprint density at radius 2 is 0.545 bits per heavy atom. The molecule has 0 amide bonds. The second-order valence-corrected chi connectivity index (χ2v) is 30.0. The molecule has 8 heteroatoms. The Hall–Kier alpha value is -14.9. The van der Waals surface area contributed by atoms with Crippen LogP contribution in [0, 0.1) is 0 Å². The summed E-state index contributed by atoms with van der Waals surface area (Å²) in [4.78, 5) is 23.0. The normalized spacial score (nSPS) is 12.5. The quantitative estimate of drug-likeness (QED) is 0.156. The fourth-order valence-corrected chi connectivity index (χ4v) is 19.4. The van der Waals surface area contributed by atoms with Crippen molar-refractivity contribution >= 4 is 195 Å². The van der Waals surface area contributed by atoms with Gasteiger partial charge in [-0.15, -0.1) is 0 Å². The van der Waals surface area contributed by atoms with Crippen molar-refractivity contribution in [3.05, 3.63) is 340 Å². The van der Waals surface area contributed by atoms with E-state index in [2.05, 4.69) is 358 Å². The van der Waals surface area contributed by atoms with E-state index in [4.69, 9.17) is 19.9 Å². The third kappa shape index (κ3) is 7.86. The molecule has 0 N–H and O–H groups in total. The fraction of sp³-hybridized carbons (Fsp3) is 0. The van der Waals surface area contributed by atoms with Crippen LogP contribution >= 0.6 is 0 Å². The van der Waals surface area contributed by atoms with Gasteiger partial charge in [0.2, 0.25) is 11.9 Å². The fourth-order valence-electron chi connectivity index (χ4n) is 19.4. The third-order valence-corrected chi connectivity index (χ3v) is 24.3. The highest BCUT2D eigenvalue weighted by Gasteiger charge is 2.30.